The number of aromatic nitrogens is 1. The lowest BCUT2D eigenvalue weighted by molar-refractivity contribution is -0.118. The summed E-state index contributed by atoms with van der Waals surface area (Å²) in [6.45, 7) is 4.94. The third kappa shape index (κ3) is 4.49. The predicted octanol–water partition coefficient (Wildman–Crippen LogP) is 5.37. The van der Waals surface area contributed by atoms with Crippen LogP contribution in [0.5, 0.6) is 5.75 Å². The summed E-state index contributed by atoms with van der Waals surface area (Å²) in [5.41, 5.74) is 3.00. The van der Waals surface area contributed by atoms with Crippen molar-refractivity contribution >= 4 is 32.6 Å². The van der Waals surface area contributed by atoms with E-state index in [9.17, 15) is 4.79 Å². The van der Waals surface area contributed by atoms with Gasteiger partial charge in [0.1, 0.15) is 11.5 Å². The van der Waals surface area contributed by atoms with E-state index in [0.717, 1.165) is 27.3 Å². The Kier molecular flexibility index (Phi) is 5.62. The highest BCUT2D eigenvalue weighted by Crippen LogP contribution is 2.32. The number of anilines is 1. The van der Waals surface area contributed by atoms with E-state index >= 15 is 0 Å². The largest absolute Gasteiger partial charge is 0.494 e. The quantitative estimate of drug-likeness (QED) is 0.414. The van der Waals surface area contributed by atoms with Crippen LogP contribution in [-0.2, 0) is 17.8 Å². The fourth-order valence-corrected chi connectivity index (χ4v) is 4.07. The van der Waals surface area contributed by atoms with E-state index in [2.05, 4.69) is 0 Å². The summed E-state index contributed by atoms with van der Waals surface area (Å²) in [6, 6.07) is 17.5. The van der Waals surface area contributed by atoms with Crippen molar-refractivity contribution in [3.05, 3.63) is 77.7 Å². The highest BCUT2D eigenvalue weighted by molar-refractivity contribution is 7.22. The van der Waals surface area contributed by atoms with Gasteiger partial charge in [0.05, 0.1) is 36.1 Å². The van der Waals surface area contributed by atoms with Gasteiger partial charge in [0.2, 0.25) is 5.91 Å². The minimum atomic E-state index is -0.0191. The second-order valence-electron chi connectivity index (χ2n) is 6.78. The van der Waals surface area contributed by atoms with Crippen LogP contribution >= 0.6 is 11.3 Å². The molecule has 4 rings (SSSR count). The van der Waals surface area contributed by atoms with Crippen LogP contribution in [0.4, 0.5) is 5.13 Å². The second kappa shape index (κ2) is 8.49. The molecule has 2 heterocycles. The van der Waals surface area contributed by atoms with Crippen LogP contribution in [0.3, 0.4) is 0 Å². The summed E-state index contributed by atoms with van der Waals surface area (Å²) in [4.78, 5) is 19.6. The van der Waals surface area contributed by atoms with Gasteiger partial charge in [-0.1, -0.05) is 41.2 Å². The molecule has 148 valence electrons. The fourth-order valence-electron chi connectivity index (χ4n) is 3.06. The zero-order valence-electron chi connectivity index (χ0n) is 16.4. The van der Waals surface area contributed by atoms with Crippen LogP contribution in [0.25, 0.3) is 10.2 Å². The Morgan fingerprint density at radius 2 is 2.00 bits per heavy atom. The van der Waals surface area contributed by atoms with Gasteiger partial charge in [0.15, 0.2) is 5.13 Å². The highest BCUT2D eigenvalue weighted by atomic mass is 32.1. The first-order valence-corrected chi connectivity index (χ1v) is 10.4. The Bertz CT molecular complexity index is 1100. The summed E-state index contributed by atoms with van der Waals surface area (Å²) in [6.07, 6.45) is 1.92. The average molecular weight is 407 g/mol. The molecule has 0 fully saturated rings. The van der Waals surface area contributed by atoms with Crippen molar-refractivity contribution in [1.29, 1.82) is 0 Å². The van der Waals surface area contributed by atoms with Gasteiger partial charge >= 0.3 is 0 Å². The number of hydrogen-bond donors (Lipinski definition) is 0. The molecule has 0 radical (unpaired) electrons. The van der Waals surface area contributed by atoms with Gasteiger partial charge in [0, 0.05) is 0 Å². The van der Waals surface area contributed by atoms with Gasteiger partial charge in [-0.25, -0.2) is 4.98 Å². The first-order chi connectivity index (χ1) is 14.1. The molecule has 0 aliphatic carbocycles. The van der Waals surface area contributed by atoms with Gasteiger partial charge in [0.25, 0.3) is 0 Å². The van der Waals surface area contributed by atoms with Crippen LogP contribution in [0.15, 0.2) is 65.3 Å². The number of fused-ring (bicyclic) bond motifs is 1. The molecule has 0 saturated heterocycles. The minimum absolute atomic E-state index is 0.0191. The number of amides is 1. The smallest absolute Gasteiger partial charge is 0.233 e. The molecule has 0 spiro atoms. The Morgan fingerprint density at radius 3 is 2.72 bits per heavy atom. The number of furan rings is 1. The van der Waals surface area contributed by atoms with Crippen LogP contribution in [0.1, 0.15) is 23.8 Å². The maximum atomic E-state index is 13.2. The predicted molar refractivity (Wildman–Crippen MR) is 116 cm³/mol. The van der Waals surface area contributed by atoms with Gasteiger partial charge in [-0.3, -0.25) is 9.69 Å². The lowest BCUT2D eigenvalue weighted by atomic mass is 10.1. The monoisotopic (exact) mass is 406 g/mol. The average Bonchev–Trinajstić information content (AvgIpc) is 3.37. The standard InChI is InChI=1S/C23H22N2O3S/c1-3-27-18-10-11-20-21(14-18)29-23(24-20)25(15-19-5-4-12-28-19)22(26)13-17-8-6-16(2)7-9-17/h4-12,14H,3,13,15H2,1-2H3. The molecule has 0 aliphatic rings. The lowest BCUT2D eigenvalue weighted by Crippen LogP contribution is -2.31. The molecule has 0 unspecified atom stereocenters. The Labute approximate surface area is 173 Å². The second-order valence-corrected chi connectivity index (χ2v) is 7.79. The number of benzene rings is 2. The molecular formula is C23H22N2O3S. The lowest BCUT2D eigenvalue weighted by Gasteiger charge is -2.18. The van der Waals surface area contributed by atoms with Crippen molar-refractivity contribution in [2.75, 3.05) is 11.5 Å². The van der Waals surface area contributed by atoms with Crippen LogP contribution in [0.2, 0.25) is 0 Å². The Hall–Kier alpha value is -3.12. The topological polar surface area (TPSA) is 55.6 Å². The van der Waals surface area contributed by atoms with Crippen molar-refractivity contribution in [2.24, 2.45) is 0 Å². The molecular weight excluding hydrogens is 384 g/mol. The number of nitrogens with zero attached hydrogens (tertiary/aromatic N) is 2. The molecule has 2 aromatic carbocycles. The molecule has 29 heavy (non-hydrogen) atoms. The van der Waals surface area contributed by atoms with Crippen molar-refractivity contribution in [3.8, 4) is 5.75 Å². The summed E-state index contributed by atoms with van der Waals surface area (Å²) in [7, 11) is 0. The maximum Gasteiger partial charge on any atom is 0.233 e. The minimum Gasteiger partial charge on any atom is -0.494 e. The first kappa shape index (κ1) is 19.2. The van der Waals surface area contributed by atoms with Crippen LogP contribution in [-0.4, -0.2) is 17.5 Å². The summed E-state index contributed by atoms with van der Waals surface area (Å²) in [5, 5.41) is 0.655. The highest BCUT2D eigenvalue weighted by Gasteiger charge is 2.21. The number of aryl methyl sites for hydroxylation is 1. The van der Waals surface area contributed by atoms with Gasteiger partial charge in [-0.15, -0.1) is 0 Å². The maximum absolute atomic E-state index is 13.2. The molecule has 1 amide bonds. The third-order valence-electron chi connectivity index (χ3n) is 4.56. The van der Waals surface area contributed by atoms with Crippen molar-refractivity contribution in [1.82, 2.24) is 4.98 Å². The molecule has 5 nitrogen and oxygen atoms in total. The normalized spacial score (nSPS) is 11.0. The molecule has 2 aromatic heterocycles. The van der Waals surface area contributed by atoms with E-state index in [1.165, 1.54) is 16.9 Å². The molecule has 0 saturated carbocycles. The molecule has 0 N–H and O–H groups in total. The summed E-state index contributed by atoms with van der Waals surface area (Å²) >= 11 is 1.48. The number of rotatable bonds is 7. The molecule has 4 aromatic rings. The van der Waals surface area contributed by atoms with E-state index in [-0.39, 0.29) is 5.91 Å². The molecule has 0 aliphatic heterocycles. The van der Waals surface area contributed by atoms with E-state index < -0.39 is 0 Å². The van der Waals surface area contributed by atoms with Gasteiger partial charge in [-0.2, -0.15) is 0 Å². The van der Waals surface area contributed by atoms with Crippen molar-refractivity contribution < 1.29 is 13.9 Å². The van der Waals surface area contributed by atoms with E-state index in [4.69, 9.17) is 14.1 Å². The van der Waals surface area contributed by atoms with E-state index in [0.29, 0.717) is 24.7 Å². The summed E-state index contributed by atoms with van der Waals surface area (Å²) < 4.78 is 12.1. The Balaban J connectivity index is 1.65. The summed E-state index contributed by atoms with van der Waals surface area (Å²) in [5.74, 6) is 1.50. The van der Waals surface area contributed by atoms with Gasteiger partial charge < -0.3 is 9.15 Å². The number of ether oxygens (including phenoxy) is 1. The van der Waals surface area contributed by atoms with Crippen molar-refractivity contribution in [2.45, 2.75) is 26.8 Å². The molecule has 6 heteroatoms. The Morgan fingerprint density at radius 1 is 1.17 bits per heavy atom. The molecule has 0 bridgehead atoms. The number of carbonyl (C=O) groups excluding carboxylic acids is 1. The van der Waals surface area contributed by atoms with Gasteiger partial charge in [-0.05, 0) is 49.7 Å². The number of thiazole rings is 1. The number of hydrogen-bond acceptors (Lipinski definition) is 5. The third-order valence-corrected chi connectivity index (χ3v) is 5.60. The number of carbonyl (C=O) groups is 1. The fraction of sp³-hybridized carbons (Fsp3) is 0.217. The molecule has 0 atom stereocenters. The van der Waals surface area contributed by atoms with Crippen LogP contribution in [0, 0.1) is 6.92 Å². The first-order valence-electron chi connectivity index (χ1n) is 9.54. The SMILES string of the molecule is CCOc1ccc2nc(N(Cc3ccco3)C(=O)Cc3ccc(C)cc3)sc2c1. The van der Waals surface area contributed by atoms with Crippen LogP contribution < -0.4 is 9.64 Å². The zero-order valence-corrected chi connectivity index (χ0v) is 17.2. The van der Waals surface area contributed by atoms with E-state index in [1.54, 1.807) is 11.2 Å². The van der Waals surface area contributed by atoms with E-state index in [1.807, 2.05) is 68.4 Å². The van der Waals surface area contributed by atoms with Crippen molar-refractivity contribution in [3.63, 3.8) is 0 Å². The zero-order chi connectivity index (χ0) is 20.2.